The van der Waals surface area contributed by atoms with Gasteiger partial charge >= 0.3 is 0 Å². The number of ether oxygens (including phenoxy) is 2. The lowest BCUT2D eigenvalue weighted by atomic mass is 10.4. The van der Waals surface area contributed by atoms with Crippen LogP contribution in [0.2, 0.25) is 0 Å². The van der Waals surface area contributed by atoms with Gasteiger partial charge in [0.2, 0.25) is 0 Å². The smallest absolute Gasteiger partial charge is 0.141 e. The van der Waals surface area contributed by atoms with Crippen molar-refractivity contribution < 1.29 is 14.7 Å². The second-order valence-corrected chi connectivity index (χ2v) is 2.57. The van der Waals surface area contributed by atoms with Crippen molar-refractivity contribution >= 4 is 5.84 Å². The Bertz CT molecular complexity index is 139. The first-order chi connectivity index (χ1) is 6.31. The molecule has 0 aliphatic heterocycles. The Hall–Kier alpha value is -0.810. The van der Waals surface area contributed by atoms with Gasteiger partial charge in [-0.2, -0.15) is 0 Å². The highest BCUT2D eigenvalue weighted by atomic mass is 16.5. The average Bonchev–Trinajstić information content (AvgIpc) is 2.16. The van der Waals surface area contributed by atoms with Crippen LogP contribution >= 0.6 is 0 Å². The minimum absolute atomic E-state index is 0.189. The van der Waals surface area contributed by atoms with Crippen molar-refractivity contribution in [2.45, 2.75) is 19.8 Å². The molecule has 0 saturated carbocycles. The molecule has 0 spiro atoms. The number of nitrogens with zero attached hydrogens (tertiary/aromatic N) is 1. The Balaban J connectivity index is 3.00. The van der Waals surface area contributed by atoms with Crippen LogP contribution in [0.4, 0.5) is 0 Å². The fraction of sp³-hybridized carbons (Fsp3) is 0.875. The number of nitrogens with two attached hydrogens (primary N) is 1. The molecule has 0 fully saturated rings. The molecule has 0 radical (unpaired) electrons. The van der Waals surface area contributed by atoms with Gasteiger partial charge in [-0.15, -0.1) is 0 Å². The lowest BCUT2D eigenvalue weighted by Gasteiger charge is -2.03. The maximum absolute atomic E-state index is 8.19. The molecule has 5 nitrogen and oxygen atoms in total. The molecule has 0 amide bonds. The van der Waals surface area contributed by atoms with E-state index in [1.54, 1.807) is 0 Å². The minimum atomic E-state index is 0.189. The molecule has 0 bridgehead atoms. The van der Waals surface area contributed by atoms with Crippen molar-refractivity contribution in [3.63, 3.8) is 0 Å². The number of hydrogen-bond acceptors (Lipinski definition) is 4. The van der Waals surface area contributed by atoms with Crippen LogP contribution in [-0.2, 0) is 9.47 Å². The van der Waals surface area contributed by atoms with Gasteiger partial charge in [0.05, 0.1) is 19.8 Å². The van der Waals surface area contributed by atoms with Gasteiger partial charge < -0.3 is 20.4 Å². The van der Waals surface area contributed by atoms with E-state index in [9.17, 15) is 0 Å². The van der Waals surface area contributed by atoms with Crippen LogP contribution in [0, 0.1) is 0 Å². The summed E-state index contributed by atoms with van der Waals surface area (Å²) in [7, 11) is 0. The Morgan fingerprint density at radius 1 is 1.23 bits per heavy atom. The molecule has 3 N–H and O–H groups in total. The third-order valence-electron chi connectivity index (χ3n) is 1.35. The Morgan fingerprint density at radius 3 is 2.38 bits per heavy atom. The van der Waals surface area contributed by atoms with E-state index >= 15 is 0 Å². The summed E-state index contributed by atoms with van der Waals surface area (Å²) in [5, 5.41) is 11.0. The van der Waals surface area contributed by atoms with Crippen molar-refractivity contribution in [3.05, 3.63) is 0 Å². The van der Waals surface area contributed by atoms with Gasteiger partial charge in [0.15, 0.2) is 0 Å². The van der Waals surface area contributed by atoms with Crippen LogP contribution in [0.1, 0.15) is 19.8 Å². The monoisotopic (exact) mass is 190 g/mol. The van der Waals surface area contributed by atoms with Crippen molar-refractivity contribution in [1.29, 1.82) is 0 Å². The van der Waals surface area contributed by atoms with Crippen LogP contribution < -0.4 is 5.73 Å². The molecule has 0 heterocycles. The van der Waals surface area contributed by atoms with Gasteiger partial charge in [0.1, 0.15) is 5.84 Å². The van der Waals surface area contributed by atoms with Gasteiger partial charge in [-0.05, 0) is 6.42 Å². The lowest BCUT2D eigenvalue weighted by molar-refractivity contribution is 0.0504. The highest BCUT2D eigenvalue weighted by Gasteiger charge is 1.93. The molecular weight excluding hydrogens is 172 g/mol. The van der Waals surface area contributed by atoms with E-state index in [2.05, 4.69) is 12.1 Å². The van der Waals surface area contributed by atoms with Crippen molar-refractivity contribution in [3.8, 4) is 0 Å². The number of hydrogen-bond donors (Lipinski definition) is 2. The quantitative estimate of drug-likeness (QED) is 0.193. The van der Waals surface area contributed by atoms with E-state index in [0.717, 1.165) is 13.0 Å². The molecule has 13 heavy (non-hydrogen) atoms. The Kier molecular flexibility index (Phi) is 8.70. The second-order valence-electron chi connectivity index (χ2n) is 2.57. The summed E-state index contributed by atoms with van der Waals surface area (Å²) in [6.45, 7) is 4.44. The topological polar surface area (TPSA) is 77.1 Å². The molecule has 0 aromatic carbocycles. The van der Waals surface area contributed by atoms with Crippen LogP contribution in [-0.4, -0.2) is 37.5 Å². The van der Waals surface area contributed by atoms with Gasteiger partial charge in [0.25, 0.3) is 0 Å². The predicted molar refractivity (Wildman–Crippen MR) is 50.0 cm³/mol. The summed E-state index contributed by atoms with van der Waals surface area (Å²) in [5.74, 6) is 0.189. The van der Waals surface area contributed by atoms with Crippen LogP contribution in [0.15, 0.2) is 5.16 Å². The molecule has 78 valence electrons. The molecule has 5 heteroatoms. The van der Waals surface area contributed by atoms with Crippen molar-refractivity contribution in [2.24, 2.45) is 10.9 Å². The predicted octanol–water partition coefficient (Wildman–Crippen LogP) is 0.566. The standard InChI is InChI=1S/C8H18N2O3/c1-2-4-12-6-7-13-5-3-8(9)10-11/h11H,2-7H2,1H3,(H2,9,10). The van der Waals surface area contributed by atoms with Crippen molar-refractivity contribution in [1.82, 2.24) is 0 Å². The normalized spacial score (nSPS) is 11.9. The van der Waals surface area contributed by atoms with Gasteiger partial charge in [-0.25, -0.2) is 0 Å². The molecular formula is C8H18N2O3. The molecule has 0 atom stereocenters. The molecule has 0 unspecified atom stereocenters. The molecule has 0 aromatic rings. The van der Waals surface area contributed by atoms with E-state index in [0.29, 0.717) is 26.2 Å². The van der Waals surface area contributed by atoms with E-state index in [1.165, 1.54) is 0 Å². The van der Waals surface area contributed by atoms with Crippen molar-refractivity contribution in [2.75, 3.05) is 26.4 Å². The first-order valence-corrected chi connectivity index (χ1v) is 4.43. The van der Waals surface area contributed by atoms with E-state index < -0.39 is 0 Å². The summed E-state index contributed by atoms with van der Waals surface area (Å²) in [6.07, 6.45) is 1.47. The molecule has 0 saturated heterocycles. The Labute approximate surface area is 78.5 Å². The maximum Gasteiger partial charge on any atom is 0.141 e. The molecule has 0 aromatic heterocycles. The first kappa shape index (κ1) is 12.2. The lowest BCUT2D eigenvalue weighted by Crippen LogP contribution is -2.15. The van der Waals surface area contributed by atoms with E-state index in [1.807, 2.05) is 0 Å². The maximum atomic E-state index is 8.19. The SMILES string of the molecule is CCCOCCOCCC(N)=NO. The average molecular weight is 190 g/mol. The minimum Gasteiger partial charge on any atom is -0.409 e. The number of amidine groups is 1. The van der Waals surface area contributed by atoms with E-state index in [-0.39, 0.29) is 5.84 Å². The highest BCUT2D eigenvalue weighted by molar-refractivity contribution is 5.79. The van der Waals surface area contributed by atoms with E-state index in [4.69, 9.17) is 20.4 Å². The Morgan fingerprint density at radius 2 is 1.85 bits per heavy atom. The molecule has 0 aliphatic rings. The fourth-order valence-corrected chi connectivity index (χ4v) is 0.693. The second kappa shape index (κ2) is 9.28. The highest BCUT2D eigenvalue weighted by Crippen LogP contribution is 1.85. The van der Waals surface area contributed by atoms with Crippen LogP contribution in [0.25, 0.3) is 0 Å². The van der Waals surface area contributed by atoms with Crippen LogP contribution in [0.3, 0.4) is 0 Å². The van der Waals surface area contributed by atoms with Crippen LogP contribution in [0.5, 0.6) is 0 Å². The zero-order chi connectivity index (χ0) is 9.94. The number of oxime groups is 1. The van der Waals surface area contributed by atoms with Gasteiger partial charge in [-0.1, -0.05) is 12.1 Å². The summed E-state index contributed by atoms with van der Waals surface area (Å²) in [6, 6.07) is 0. The fourth-order valence-electron chi connectivity index (χ4n) is 0.693. The first-order valence-electron chi connectivity index (χ1n) is 4.43. The molecule has 0 aliphatic carbocycles. The summed E-state index contributed by atoms with van der Waals surface area (Å²) in [5.41, 5.74) is 5.22. The third kappa shape index (κ3) is 9.10. The van der Waals surface area contributed by atoms with Gasteiger partial charge in [0, 0.05) is 13.0 Å². The summed E-state index contributed by atoms with van der Waals surface area (Å²) >= 11 is 0. The van der Waals surface area contributed by atoms with Gasteiger partial charge in [-0.3, -0.25) is 0 Å². The summed E-state index contributed by atoms with van der Waals surface area (Å²) in [4.78, 5) is 0. The largest absolute Gasteiger partial charge is 0.409 e. The molecule has 0 rings (SSSR count). The zero-order valence-electron chi connectivity index (χ0n) is 8.03. The third-order valence-corrected chi connectivity index (χ3v) is 1.35. The zero-order valence-corrected chi connectivity index (χ0v) is 8.03. The summed E-state index contributed by atoms with van der Waals surface area (Å²) < 4.78 is 10.3. The number of rotatable bonds is 8.